The number of fused-ring (bicyclic) bond motifs is 1. The summed E-state index contributed by atoms with van der Waals surface area (Å²) in [5.41, 5.74) is 1.19. The molecule has 2 heterocycles. The molecule has 2 aromatic heterocycles. The lowest BCUT2D eigenvalue weighted by Gasteiger charge is -2.09. The first kappa shape index (κ1) is 17.5. The van der Waals surface area contributed by atoms with Crippen LogP contribution in [-0.2, 0) is 0 Å². The van der Waals surface area contributed by atoms with E-state index in [4.69, 9.17) is 21.1 Å². The van der Waals surface area contributed by atoms with Crippen LogP contribution in [0.25, 0.3) is 22.4 Å². The number of para-hydroxylation sites is 1. The normalized spacial score (nSPS) is 11.9. The van der Waals surface area contributed by atoms with Crippen molar-refractivity contribution in [1.82, 2.24) is 14.6 Å². The fraction of sp³-hybridized carbons (Fsp3) is 0.105. The molecule has 27 heavy (non-hydrogen) atoms. The summed E-state index contributed by atoms with van der Waals surface area (Å²) < 4.78 is 12.7. The molecule has 0 bridgehead atoms. The topological polar surface area (TPSA) is 65.7 Å². The van der Waals surface area contributed by atoms with Crippen molar-refractivity contribution in [1.29, 1.82) is 0 Å². The Kier molecular flexibility index (Phi) is 4.55. The Morgan fingerprint density at radius 1 is 1.07 bits per heavy atom. The molecule has 6 nitrogen and oxygen atoms in total. The third-order valence-corrected chi connectivity index (χ3v) is 5.37. The molecule has 0 aliphatic heterocycles. The van der Waals surface area contributed by atoms with E-state index in [0.29, 0.717) is 37.4 Å². The van der Waals surface area contributed by atoms with Crippen molar-refractivity contribution in [2.24, 2.45) is 0 Å². The number of aromatic nitrogens is 3. The van der Waals surface area contributed by atoms with E-state index in [0.717, 1.165) is 5.56 Å². The molecule has 0 aliphatic carbocycles. The van der Waals surface area contributed by atoms with Crippen molar-refractivity contribution >= 4 is 34.0 Å². The van der Waals surface area contributed by atoms with Crippen molar-refractivity contribution in [2.75, 3.05) is 14.2 Å². The fourth-order valence-electron chi connectivity index (χ4n) is 2.85. The predicted octanol–water partition coefficient (Wildman–Crippen LogP) is 3.04. The molecule has 0 N–H and O–H groups in total. The number of rotatable bonds is 4. The van der Waals surface area contributed by atoms with Gasteiger partial charge in [0, 0.05) is 11.1 Å². The predicted molar refractivity (Wildman–Crippen MR) is 106 cm³/mol. The number of halogens is 1. The molecule has 4 aromatic rings. The largest absolute Gasteiger partial charge is 0.493 e. The van der Waals surface area contributed by atoms with E-state index < -0.39 is 0 Å². The van der Waals surface area contributed by atoms with Gasteiger partial charge in [-0.25, -0.2) is 4.40 Å². The Hall–Kier alpha value is -2.90. The number of methoxy groups -OCH3 is 2. The third-order valence-electron chi connectivity index (χ3n) is 4.08. The van der Waals surface area contributed by atoms with Crippen molar-refractivity contribution < 1.29 is 9.47 Å². The van der Waals surface area contributed by atoms with Crippen LogP contribution in [0.1, 0.15) is 5.56 Å². The summed E-state index contributed by atoms with van der Waals surface area (Å²) in [6.07, 6.45) is 1.76. The second kappa shape index (κ2) is 7.02. The average molecular weight is 400 g/mol. The van der Waals surface area contributed by atoms with E-state index in [9.17, 15) is 4.79 Å². The number of hydrogen-bond acceptors (Lipinski definition) is 6. The van der Waals surface area contributed by atoms with Crippen LogP contribution in [0.3, 0.4) is 0 Å². The minimum Gasteiger partial charge on any atom is -0.493 e. The zero-order chi connectivity index (χ0) is 19.0. The quantitative estimate of drug-likeness (QED) is 0.527. The van der Waals surface area contributed by atoms with Crippen molar-refractivity contribution in [2.45, 2.75) is 0 Å². The van der Waals surface area contributed by atoms with Crippen molar-refractivity contribution in [3.63, 3.8) is 0 Å². The second-order valence-electron chi connectivity index (χ2n) is 5.62. The van der Waals surface area contributed by atoms with Crippen LogP contribution in [0.4, 0.5) is 0 Å². The van der Waals surface area contributed by atoms with Crippen LogP contribution < -0.4 is 19.6 Å². The molecular weight excluding hydrogens is 386 g/mol. The third kappa shape index (κ3) is 2.94. The molecule has 4 rings (SSSR count). The van der Waals surface area contributed by atoms with Crippen molar-refractivity contribution in [3.05, 3.63) is 67.9 Å². The Morgan fingerprint density at radius 3 is 2.63 bits per heavy atom. The summed E-state index contributed by atoms with van der Waals surface area (Å²) in [5.74, 6) is 1.59. The molecular formula is C19H14ClN3O3S. The van der Waals surface area contributed by atoms with Crippen LogP contribution >= 0.6 is 22.9 Å². The zero-order valence-electron chi connectivity index (χ0n) is 14.5. The Labute approximate surface area is 163 Å². The molecule has 136 valence electrons. The Balaban J connectivity index is 1.94. The maximum absolute atomic E-state index is 13.0. The molecule has 0 fully saturated rings. The van der Waals surface area contributed by atoms with Crippen LogP contribution in [0.5, 0.6) is 11.5 Å². The molecule has 0 spiro atoms. The van der Waals surface area contributed by atoms with Gasteiger partial charge < -0.3 is 9.47 Å². The van der Waals surface area contributed by atoms with E-state index in [1.807, 2.05) is 30.3 Å². The second-order valence-corrected chi connectivity index (χ2v) is 7.04. The SMILES string of the molecule is COc1cccc(/C=c2\sc3nnc(-c4ccccc4Cl)n3c2=O)c1OC. The van der Waals surface area contributed by atoms with Gasteiger partial charge in [-0.2, -0.15) is 0 Å². The average Bonchev–Trinajstić information content (AvgIpc) is 3.22. The molecule has 8 heteroatoms. The van der Waals surface area contributed by atoms with Gasteiger partial charge in [0.15, 0.2) is 17.3 Å². The van der Waals surface area contributed by atoms with E-state index >= 15 is 0 Å². The summed E-state index contributed by atoms with van der Waals surface area (Å²) in [4.78, 5) is 13.5. The zero-order valence-corrected chi connectivity index (χ0v) is 16.0. The first-order valence-electron chi connectivity index (χ1n) is 7.99. The molecule has 0 saturated carbocycles. The highest BCUT2D eigenvalue weighted by Crippen LogP contribution is 2.31. The first-order valence-corrected chi connectivity index (χ1v) is 9.19. The lowest BCUT2D eigenvalue weighted by molar-refractivity contribution is 0.354. The highest BCUT2D eigenvalue weighted by atomic mass is 35.5. The maximum atomic E-state index is 13.0. The van der Waals surface area contributed by atoms with Gasteiger partial charge in [-0.3, -0.25) is 4.79 Å². The van der Waals surface area contributed by atoms with Gasteiger partial charge in [-0.05, 0) is 24.3 Å². The van der Waals surface area contributed by atoms with Gasteiger partial charge in [0.1, 0.15) is 0 Å². The van der Waals surface area contributed by atoms with Gasteiger partial charge in [-0.1, -0.05) is 47.2 Å². The Morgan fingerprint density at radius 2 is 1.89 bits per heavy atom. The minimum atomic E-state index is -0.209. The molecule has 0 amide bonds. The van der Waals surface area contributed by atoms with Crippen LogP contribution in [0.2, 0.25) is 5.02 Å². The van der Waals surface area contributed by atoms with Crippen LogP contribution in [0, 0.1) is 0 Å². The summed E-state index contributed by atoms with van der Waals surface area (Å²) in [7, 11) is 3.13. The summed E-state index contributed by atoms with van der Waals surface area (Å²) in [5, 5.41) is 8.78. The summed E-state index contributed by atoms with van der Waals surface area (Å²) in [6, 6.07) is 12.7. The molecule has 0 aliphatic rings. The van der Waals surface area contributed by atoms with Gasteiger partial charge >= 0.3 is 0 Å². The summed E-state index contributed by atoms with van der Waals surface area (Å²) in [6.45, 7) is 0. The fourth-order valence-corrected chi connectivity index (χ4v) is 3.97. The molecule has 0 radical (unpaired) electrons. The standard InChI is InChI=1S/C19H14ClN3O3S/c1-25-14-9-5-6-11(16(14)26-2)10-15-18(24)23-17(21-22-19(23)27-15)12-7-3-4-8-13(12)20/h3-10H,1-2H3/b15-10-. The van der Waals surface area contributed by atoms with Gasteiger partial charge in [0.25, 0.3) is 5.56 Å². The number of nitrogens with zero attached hydrogens (tertiary/aromatic N) is 3. The lowest BCUT2D eigenvalue weighted by Crippen LogP contribution is -2.23. The monoisotopic (exact) mass is 399 g/mol. The van der Waals surface area contributed by atoms with Gasteiger partial charge in [0.2, 0.25) is 4.96 Å². The van der Waals surface area contributed by atoms with E-state index in [1.165, 1.54) is 15.7 Å². The molecule has 0 unspecified atom stereocenters. The van der Waals surface area contributed by atoms with Crippen molar-refractivity contribution in [3.8, 4) is 22.9 Å². The Bertz CT molecular complexity index is 1250. The lowest BCUT2D eigenvalue weighted by atomic mass is 10.2. The number of hydrogen-bond donors (Lipinski definition) is 0. The molecule has 0 atom stereocenters. The van der Waals surface area contributed by atoms with Crippen LogP contribution in [-0.4, -0.2) is 28.8 Å². The first-order chi connectivity index (χ1) is 13.1. The van der Waals surface area contributed by atoms with E-state index in [2.05, 4.69) is 10.2 Å². The highest BCUT2D eigenvalue weighted by Gasteiger charge is 2.16. The number of benzene rings is 2. The number of thiazole rings is 1. The van der Waals surface area contributed by atoms with Crippen LogP contribution in [0.15, 0.2) is 47.3 Å². The highest BCUT2D eigenvalue weighted by molar-refractivity contribution is 7.15. The minimum absolute atomic E-state index is 0.209. The van der Waals surface area contributed by atoms with Gasteiger partial charge in [0.05, 0.1) is 23.8 Å². The molecule has 2 aromatic carbocycles. The van der Waals surface area contributed by atoms with E-state index in [-0.39, 0.29) is 5.56 Å². The smallest absolute Gasteiger partial charge is 0.276 e. The summed E-state index contributed by atoms with van der Waals surface area (Å²) >= 11 is 7.51. The van der Waals surface area contributed by atoms with E-state index in [1.54, 1.807) is 32.4 Å². The molecule has 0 saturated heterocycles. The van der Waals surface area contributed by atoms with Gasteiger partial charge in [-0.15, -0.1) is 10.2 Å². The number of ether oxygens (including phenoxy) is 2. The maximum Gasteiger partial charge on any atom is 0.276 e.